The van der Waals surface area contributed by atoms with Crippen LogP contribution in [0.15, 0.2) is 17.7 Å². The van der Waals surface area contributed by atoms with E-state index in [0.717, 1.165) is 39.1 Å². The Labute approximate surface area is 338 Å². The largest absolute Gasteiger partial charge is 0.496 e. The lowest BCUT2D eigenvalue weighted by atomic mass is 9.64. The molecule has 9 rings (SSSR count). The second-order valence-corrected chi connectivity index (χ2v) is 17.8. The number of methoxy groups -OCH3 is 1. The summed E-state index contributed by atoms with van der Waals surface area (Å²) in [5, 5.41) is 17.1. The zero-order chi connectivity index (χ0) is 41.2. The predicted molar refractivity (Wildman–Crippen MR) is 209 cm³/mol. The molecule has 2 aromatic carbocycles. The molecule has 9 atom stereocenters. The van der Waals surface area contributed by atoms with E-state index in [1.165, 1.54) is 11.1 Å². The summed E-state index contributed by atoms with van der Waals surface area (Å²) in [4.78, 5) is 58.1. The van der Waals surface area contributed by atoms with E-state index in [-0.39, 0.29) is 56.6 Å². The van der Waals surface area contributed by atoms with Gasteiger partial charge in [-0.2, -0.15) is 5.26 Å². The number of fused-ring (bicyclic) bond motifs is 11. The van der Waals surface area contributed by atoms with Crippen molar-refractivity contribution in [3.05, 3.63) is 56.7 Å². The van der Waals surface area contributed by atoms with Crippen LogP contribution in [0.3, 0.4) is 0 Å². The fourth-order valence-electron chi connectivity index (χ4n) is 11.9. The van der Waals surface area contributed by atoms with Crippen LogP contribution in [0, 0.1) is 49.9 Å². The first-order chi connectivity index (χ1) is 27.6. The Hall–Kier alpha value is -5.13. The average Bonchev–Trinajstić information content (AvgIpc) is 3.78. The van der Waals surface area contributed by atoms with Crippen LogP contribution in [0.1, 0.15) is 78.6 Å². The third-order valence-electron chi connectivity index (χ3n) is 14.5. The number of amides is 2. The van der Waals surface area contributed by atoms with Gasteiger partial charge in [-0.15, -0.1) is 0 Å². The van der Waals surface area contributed by atoms with Crippen molar-refractivity contribution in [2.24, 2.45) is 17.8 Å². The minimum atomic E-state index is -1.06. The molecule has 1 saturated carbocycles. The number of benzene rings is 2. The van der Waals surface area contributed by atoms with Crippen molar-refractivity contribution in [3.63, 3.8) is 0 Å². The van der Waals surface area contributed by atoms with Gasteiger partial charge in [-0.3, -0.25) is 24.2 Å². The van der Waals surface area contributed by atoms with Gasteiger partial charge < -0.3 is 34.3 Å². The lowest BCUT2D eigenvalue weighted by molar-refractivity contribution is -0.144. The summed E-state index contributed by atoms with van der Waals surface area (Å²) >= 11 is 0. The summed E-state index contributed by atoms with van der Waals surface area (Å²) in [6.07, 6.45) is 2.43. The van der Waals surface area contributed by atoms with E-state index in [0.29, 0.717) is 36.5 Å². The molecule has 0 radical (unpaired) electrons. The maximum Gasteiger partial charge on any atom is 0.407 e. The van der Waals surface area contributed by atoms with E-state index >= 15 is 0 Å². The number of ether oxygens (including phenoxy) is 5. The monoisotopic (exact) mass is 793 g/mol. The quantitative estimate of drug-likeness (QED) is 0.315. The normalized spacial score (nSPS) is 34.2. The van der Waals surface area contributed by atoms with Crippen LogP contribution >= 0.6 is 0 Å². The number of hydrogen-bond donors (Lipinski definition) is 2. The molecule has 6 unspecified atom stereocenters. The minimum absolute atomic E-state index is 0.0104. The Balaban J connectivity index is 1.26. The molecule has 5 aliphatic heterocycles. The Morgan fingerprint density at radius 1 is 0.983 bits per heavy atom. The number of carbonyl (C=O) groups excluding carboxylic acids is 4. The van der Waals surface area contributed by atoms with Crippen molar-refractivity contribution in [3.8, 4) is 29.1 Å². The third-order valence-corrected chi connectivity index (χ3v) is 14.5. The van der Waals surface area contributed by atoms with Gasteiger partial charge in [0.1, 0.15) is 48.4 Å². The first-order valence-electron chi connectivity index (χ1n) is 20.2. The number of rotatable bonds is 1. The van der Waals surface area contributed by atoms with E-state index in [1.54, 1.807) is 14.0 Å². The van der Waals surface area contributed by atoms with Crippen LogP contribution in [0.4, 0.5) is 4.79 Å². The number of nitrogens with zero attached hydrogens (tertiary/aromatic N) is 3. The Bertz CT molecular complexity index is 2270. The molecular weight excluding hydrogens is 743 g/mol. The van der Waals surface area contributed by atoms with Crippen molar-refractivity contribution in [2.45, 2.75) is 102 Å². The van der Waals surface area contributed by atoms with Gasteiger partial charge in [0, 0.05) is 47.0 Å². The van der Waals surface area contributed by atoms with Crippen LogP contribution in [-0.4, -0.2) is 97.7 Å². The number of nitriles is 1. The van der Waals surface area contributed by atoms with Crippen LogP contribution < -0.4 is 29.6 Å². The van der Waals surface area contributed by atoms with Gasteiger partial charge >= 0.3 is 6.09 Å². The Kier molecular flexibility index (Phi) is 8.91. The number of piperazine rings is 1. The first-order valence-corrected chi connectivity index (χ1v) is 20.2. The molecule has 14 heteroatoms. The third kappa shape index (κ3) is 5.34. The van der Waals surface area contributed by atoms with Gasteiger partial charge in [-0.05, 0) is 95.7 Å². The maximum absolute atomic E-state index is 14.0. The number of cyclic esters (lactones) is 1. The SMILES string of the molecule is COc1c(C)cc2c(c1C)[C@@H]1C3Cc4c5c(C)c6c(c4[C@](C)(CNC(=O)C(C)NC(=O)OCC4C=C(CO5)CC5C(=O)CC(=O)C45)N3C(C#N)[C@](C)(C2)N1C)OCO6. The zero-order valence-electron chi connectivity index (χ0n) is 34.4. The summed E-state index contributed by atoms with van der Waals surface area (Å²) in [5.41, 5.74) is 6.01. The lowest BCUT2D eigenvalue weighted by Gasteiger charge is -2.67. The number of carbonyl (C=O) groups is 4. The van der Waals surface area contributed by atoms with Gasteiger partial charge in [-0.25, -0.2) is 4.79 Å². The summed E-state index contributed by atoms with van der Waals surface area (Å²) in [6.45, 7) is 11.9. The zero-order valence-corrected chi connectivity index (χ0v) is 34.4. The van der Waals surface area contributed by atoms with E-state index < -0.39 is 52.9 Å². The molecule has 2 aliphatic carbocycles. The highest BCUT2D eigenvalue weighted by Gasteiger charge is 2.64. The standard InChI is InChI=1S/C44H51N5O9/c1-20-9-25-14-43(5)32(15-45)49-29(36(48(43)7)33(25)21(2)37(20)54-8)12-28-35-40-39(57-19-58-40)22(3)38(28)55-16-24-10-26(34-27(11-24)30(50)13-31(34)51)17-56-42(53)47-23(4)41(52)46-18-44(35,49)6/h9-10,23,26-27,29,32,34,36H,11-14,16-19H2,1-8H3,(H,46,52)(H,47,53)/t23?,26?,27?,29?,32?,34?,36-,43-,44-/m0/s1. The molecule has 0 spiro atoms. The van der Waals surface area contributed by atoms with Gasteiger partial charge in [0.05, 0.1) is 36.7 Å². The number of ketones is 2. The van der Waals surface area contributed by atoms with E-state index in [4.69, 9.17) is 23.7 Å². The second kappa shape index (κ2) is 13.5. The van der Waals surface area contributed by atoms with Crippen LogP contribution in [0.5, 0.6) is 23.0 Å². The van der Waals surface area contributed by atoms with Gasteiger partial charge in [0.25, 0.3) is 0 Å². The van der Waals surface area contributed by atoms with Crippen LogP contribution in [0.2, 0.25) is 0 Å². The van der Waals surface area contributed by atoms with Crippen molar-refractivity contribution in [1.82, 2.24) is 20.4 Å². The molecule has 14 nitrogen and oxygen atoms in total. The van der Waals surface area contributed by atoms with Crippen molar-refractivity contribution in [1.29, 1.82) is 5.26 Å². The fourth-order valence-corrected chi connectivity index (χ4v) is 11.9. The molecule has 2 N–H and O–H groups in total. The molecule has 2 fully saturated rings. The molecular formula is C44H51N5O9. The van der Waals surface area contributed by atoms with Gasteiger partial charge in [0.2, 0.25) is 12.7 Å². The topological polar surface area (TPSA) is 169 Å². The fraction of sp³-hybridized carbons (Fsp3) is 0.568. The molecule has 8 bridgehead atoms. The first kappa shape index (κ1) is 38.4. The highest BCUT2D eigenvalue weighted by Crippen LogP contribution is 2.61. The predicted octanol–water partition coefficient (Wildman–Crippen LogP) is 4.03. The number of hydrogen-bond acceptors (Lipinski definition) is 12. The molecule has 2 amide bonds. The van der Waals surface area contributed by atoms with Crippen LogP contribution in [-0.2, 0) is 37.5 Å². The van der Waals surface area contributed by atoms with Gasteiger partial charge in [-0.1, -0.05) is 12.1 Å². The molecule has 7 aliphatic rings. The van der Waals surface area contributed by atoms with E-state index in [1.807, 2.05) is 13.0 Å². The lowest BCUT2D eigenvalue weighted by Crippen LogP contribution is -2.77. The Morgan fingerprint density at radius 2 is 1.74 bits per heavy atom. The number of aryl methyl sites for hydroxylation is 1. The summed E-state index contributed by atoms with van der Waals surface area (Å²) in [5.74, 6) is 0.171. The minimum Gasteiger partial charge on any atom is -0.496 e. The highest BCUT2D eigenvalue weighted by atomic mass is 16.7. The maximum atomic E-state index is 14.0. The molecule has 5 heterocycles. The molecule has 2 aromatic rings. The molecule has 58 heavy (non-hydrogen) atoms. The second-order valence-electron chi connectivity index (χ2n) is 17.8. The van der Waals surface area contributed by atoms with Crippen LogP contribution in [0.25, 0.3) is 0 Å². The summed E-state index contributed by atoms with van der Waals surface area (Å²) in [6, 6.07) is 2.84. The summed E-state index contributed by atoms with van der Waals surface area (Å²) in [7, 11) is 3.81. The van der Waals surface area contributed by atoms with Crippen molar-refractivity contribution < 1.29 is 42.9 Å². The number of alkyl carbamates (subject to hydrolysis) is 1. The van der Waals surface area contributed by atoms with Crippen molar-refractivity contribution in [2.75, 3.05) is 40.7 Å². The van der Waals surface area contributed by atoms with E-state index in [9.17, 15) is 24.4 Å². The molecule has 306 valence electrons. The van der Waals surface area contributed by atoms with E-state index in [2.05, 4.69) is 67.3 Å². The number of Topliss-reactive ketones (excluding diaryl/α,β-unsaturated/α-hetero) is 2. The average molecular weight is 794 g/mol. The number of likely N-dealkylation sites (N-methyl/N-ethyl adjacent to an activating group) is 1. The molecule has 0 aromatic heterocycles. The summed E-state index contributed by atoms with van der Waals surface area (Å²) < 4.78 is 31.1. The van der Waals surface area contributed by atoms with Gasteiger partial charge in [0.15, 0.2) is 11.5 Å². The number of nitrogens with one attached hydrogen (secondary N) is 2. The van der Waals surface area contributed by atoms with Crippen molar-refractivity contribution >= 4 is 23.6 Å². The molecule has 1 saturated heterocycles. The Morgan fingerprint density at radius 3 is 2.48 bits per heavy atom. The smallest absolute Gasteiger partial charge is 0.407 e. The highest BCUT2D eigenvalue weighted by molar-refractivity contribution is 6.09.